The Morgan fingerprint density at radius 2 is 2.11 bits per heavy atom. The molecule has 0 saturated heterocycles. The van der Waals surface area contributed by atoms with Gasteiger partial charge in [-0.25, -0.2) is 0 Å². The lowest BCUT2D eigenvalue weighted by Crippen LogP contribution is -2.18. The lowest BCUT2D eigenvalue weighted by molar-refractivity contribution is 0.594. The van der Waals surface area contributed by atoms with Crippen molar-refractivity contribution in [3.63, 3.8) is 0 Å². The van der Waals surface area contributed by atoms with Gasteiger partial charge in [0.2, 0.25) is 0 Å². The summed E-state index contributed by atoms with van der Waals surface area (Å²) in [6.45, 7) is 0. The maximum atomic E-state index is 6.20. The first kappa shape index (κ1) is 14.4. The largest absolute Gasteiger partial charge is 0.313 e. The molecule has 0 spiro atoms. The van der Waals surface area contributed by atoms with Crippen LogP contribution in [-0.4, -0.2) is 7.05 Å². The summed E-state index contributed by atoms with van der Waals surface area (Å²) in [5.41, 5.74) is 2.32. The monoisotopic (exact) mass is 363 g/mol. The Bertz CT molecular complexity index is 542. The summed E-state index contributed by atoms with van der Waals surface area (Å²) in [4.78, 5) is 0. The summed E-state index contributed by atoms with van der Waals surface area (Å²) >= 11 is 17.1. The van der Waals surface area contributed by atoms with Crippen molar-refractivity contribution in [1.82, 2.24) is 5.32 Å². The van der Waals surface area contributed by atoms with Crippen LogP contribution >= 0.6 is 50.5 Å². The second-order valence-electron chi connectivity index (χ2n) is 3.95. The molecule has 1 aromatic carbocycles. The van der Waals surface area contributed by atoms with Crippen molar-refractivity contribution in [1.29, 1.82) is 0 Å². The van der Waals surface area contributed by atoms with Crippen molar-refractivity contribution in [2.24, 2.45) is 0 Å². The van der Waals surface area contributed by atoms with Gasteiger partial charge in [-0.2, -0.15) is 0 Å². The summed E-state index contributed by atoms with van der Waals surface area (Å²) in [6, 6.07) is 10.4. The van der Waals surface area contributed by atoms with Crippen molar-refractivity contribution in [2.45, 2.75) is 12.5 Å². The van der Waals surface area contributed by atoms with E-state index in [1.54, 1.807) is 0 Å². The van der Waals surface area contributed by atoms with Gasteiger partial charge in [-0.1, -0.05) is 51.3 Å². The highest BCUT2D eigenvalue weighted by molar-refractivity contribution is 9.10. The Labute approximate surface area is 129 Å². The van der Waals surface area contributed by atoms with Crippen LogP contribution in [0.1, 0.15) is 17.2 Å². The fourth-order valence-corrected chi connectivity index (χ4v) is 3.88. The molecule has 0 radical (unpaired) electrons. The van der Waals surface area contributed by atoms with E-state index in [1.807, 2.05) is 25.2 Å². The van der Waals surface area contributed by atoms with Gasteiger partial charge in [-0.15, -0.1) is 11.3 Å². The number of likely N-dealkylation sites (N-methyl/N-ethyl adjacent to an activating group) is 1. The molecule has 0 aliphatic carbocycles. The molecule has 18 heavy (non-hydrogen) atoms. The first-order valence-electron chi connectivity index (χ1n) is 5.46. The molecule has 1 aromatic heterocycles. The zero-order valence-electron chi connectivity index (χ0n) is 9.71. The topological polar surface area (TPSA) is 12.0 Å². The normalized spacial score (nSPS) is 12.7. The Morgan fingerprint density at radius 3 is 2.67 bits per heavy atom. The summed E-state index contributed by atoms with van der Waals surface area (Å²) in [5, 5.41) is 3.29. The second-order valence-corrected chi connectivity index (χ2v) is 7.16. The van der Waals surface area contributed by atoms with E-state index in [1.165, 1.54) is 16.9 Å². The predicted octanol–water partition coefficient (Wildman–Crippen LogP) is 5.32. The number of rotatable bonds is 4. The maximum absolute atomic E-state index is 6.20. The van der Waals surface area contributed by atoms with Crippen molar-refractivity contribution in [3.05, 3.63) is 54.6 Å². The molecule has 1 N–H and O–H groups in total. The van der Waals surface area contributed by atoms with E-state index in [-0.39, 0.29) is 6.04 Å². The van der Waals surface area contributed by atoms with Crippen LogP contribution in [0.4, 0.5) is 0 Å². The van der Waals surface area contributed by atoms with Gasteiger partial charge in [-0.3, -0.25) is 0 Å². The van der Waals surface area contributed by atoms with Crippen LogP contribution < -0.4 is 5.32 Å². The average Bonchev–Trinajstić information content (AvgIpc) is 2.65. The van der Waals surface area contributed by atoms with Crippen LogP contribution in [0.15, 0.2) is 34.8 Å². The van der Waals surface area contributed by atoms with Gasteiger partial charge in [0.05, 0.1) is 8.67 Å². The van der Waals surface area contributed by atoms with E-state index >= 15 is 0 Å². The number of benzene rings is 1. The standard InChI is InChI=1S/C13H12BrCl2NS/c1-17-11(10-7-12(15)18-13(10)16)6-8-3-2-4-9(14)5-8/h2-5,7,11,17H,6H2,1H3. The summed E-state index contributed by atoms with van der Waals surface area (Å²) in [5.74, 6) is 0. The number of thiophene rings is 1. The van der Waals surface area contributed by atoms with E-state index in [0.29, 0.717) is 0 Å². The Morgan fingerprint density at radius 1 is 1.33 bits per heavy atom. The molecule has 2 rings (SSSR count). The smallest absolute Gasteiger partial charge is 0.0992 e. The molecular weight excluding hydrogens is 353 g/mol. The van der Waals surface area contributed by atoms with Crippen molar-refractivity contribution in [2.75, 3.05) is 7.05 Å². The van der Waals surface area contributed by atoms with Crippen molar-refractivity contribution >= 4 is 50.5 Å². The minimum atomic E-state index is 0.176. The van der Waals surface area contributed by atoms with E-state index in [4.69, 9.17) is 23.2 Å². The molecule has 0 saturated carbocycles. The molecule has 1 heterocycles. The Hall–Kier alpha value is -0.0600. The highest BCUT2D eigenvalue weighted by Crippen LogP contribution is 2.36. The average molecular weight is 365 g/mol. The van der Waals surface area contributed by atoms with Gasteiger partial charge < -0.3 is 5.32 Å². The van der Waals surface area contributed by atoms with Gasteiger partial charge in [0.1, 0.15) is 0 Å². The molecule has 1 nitrogen and oxygen atoms in total. The van der Waals surface area contributed by atoms with Gasteiger partial charge in [0.15, 0.2) is 0 Å². The molecule has 0 aliphatic heterocycles. The lowest BCUT2D eigenvalue weighted by atomic mass is 10.0. The minimum absolute atomic E-state index is 0.176. The highest BCUT2D eigenvalue weighted by Gasteiger charge is 2.16. The molecule has 0 amide bonds. The van der Waals surface area contributed by atoms with Gasteiger partial charge >= 0.3 is 0 Å². The molecule has 0 aliphatic rings. The number of halogens is 3. The maximum Gasteiger partial charge on any atom is 0.0992 e. The zero-order valence-corrected chi connectivity index (χ0v) is 13.6. The van der Waals surface area contributed by atoms with Gasteiger partial charge in [-0.05, 0) is 37.2 Å². The van der Waals surface area contributed by atoms with E-state index in [2.05, 4.69) is 33.4 Å². The quantitative estimate of drug-likeness (QED) is 0.773. The first-order chi connectivity index (χ1) is 8.60. The van der Waals surface area contributed by atoms with Gasteiger partial charge in [0.25, 0.3) is 0 Å². The van der Waals surface area contributed by atoms with E-state index < -0.39 is 0 Å². The fourth-order valence-electron chi connectivity index (χ4n) is 1.86. The summed E-state index contributed by atoms with van der Waals surface area (Å²) in [6.07, 6.45) is 0.878. The third-order valence-corrected chi connectivity index (χ3v) is 4.75. The SMILES string of the molecule is CNC(Cc1cccc(Br)c1)c1cc(Cl)sc1Cl. The highest BCUT2D eigenvalue weighted by atomic mass is 79.9. The summed E-state index contributed by atoms with van der Waals surface area (Å²) in [7, 11) is 1.94. The van der Waals surface area contributed by atoms with Crippen LogP contribution in [0.2, 0.25) is 8.67 Å². The van der Waals surface area contributed by atoms with E-state index in [0.717, 1.165) is 25.1 Å². The van der Waals surface area contributed by atoms with Crippen LogP contribution in [0, 0.1) is 0 Å². The molecular formula is C13H12BrCl2NS. The van der Waals surface area contributed by atoms with Crippen LogP contribution in [-0.2, 0) is 6.42 Å². The van der Waals surface area contributed by atoms with Gasteiger partial charge in [0, 0.05) is 16.1 Å². The summed E-state index contributed by atoms with van der Waals surface area (Å²) < 4.78 is 2.57. The molecule has 96 valence electrons. The second kappa shape index (κ2) is 6.40. The molecule has 1 atom stereocenters. The Kier molecular flexibility index (Phi) is 5.10. The van der Waals surface area contributed by atoms with Crippen LogP contribution in [0.3, 0.4) is 0 Å². The molecule has 5 heteroatoms. The minimum Gasteiger partial charge on any atom is -0.313 e. The molecule has 2 aromatic rings. The van der Waals surface area contributed by atoms with Crippen molar-refractivity contribution in [3.8, 4) is 0 Å². The van der Waals surface area contributed by atoms with Crippen molar-refractivity contribution < 1.29 is 0 Å². The van der Waals surface area contributed by atoms with Crippen LogP contribution in [0.25, 0.3) is 0 Å². The predicted molar refractivity (Wildman–Crippen MR) is 84.0 cm³/mol. The number of nitrogens with one attached hydrogen (secondary N) is 1. The lowest BCUT2D eigenvalue weighted by Gasteiger charge is -2.16. The number of hydrogen-bond donors (Lipinski definition) is 1. The van der Waals surface area contributed by atoms with Crippen LogP contribution in [0.5, 0.6) is 0 Å². The molecule has 0 bridgehead atoms. The molecule has 0 fully saturated rings. The third-order valence-electron chi connectivity index (χ3n) is 2.74. The Balaban J connectivity index is 2.22. The third kappa shape index (κ3) is 3.49. The number of hydrogen-bond acceptors (Lipinski definition) is 2. The van der Waals surface area contributed by atoms with E-state index in [9.17, 15) is 0 Å². The zero-order chi connectivity index (χ0) is 13.1. The first-order valence-corrected chi connectivity index (χ1v) is 7.83. The fraction of sp³-hybridized carbons (Fsp3) is 0.231. The molecule has 1 unspecified atom stereocenters.